The molecular weight excluding hydrogens is 296 g/mol. The largest absolute Gasteiger partial charge is 0.373 e. The summed E-state index contributed by atoms with van der Waals surface area (Å²) in [5.41, 5.74) is 0.646. The smallest absolute Gasteiger partial charge is 0.265 e. The molecule has 1 N–H and O–H groups in total. The number of rotatable bonds is 3. The van der Waals surface area contributed by atoms with Crippen molar-refractivity contribution >= 4 is 15.9 Å². The van der Waals surface area contributed by atoms with Crippen LogP contribution < -0.4 is 5.56 Å². The second-order valence-corrected chi connectivity index (χ2v) is 6.70. The molecule has 100 valence electrons. The van der Waals surface area contributed by atoms with E-state index >= 15 is 0 Å². The van der Waals surface area contributed by atoms with Gasteiger partial charge in [0.05, 0.1) is 5.69 Å². The number of aromatic nitrogens is 2. The first-order valence-corrected chi connectivity index (χ1v) is 6.96. The number of ether oxygens (including phenoxy) is 1. The first-order valence-electron chi connectivity index (χ1n) is 6.17. The molecule has 0 radical (unpaired) electrons. The quantitative estimate of drug-likeness (QED) is 0.932. The fourth-order valence-electron chi connectivity index (χ4n) is 2.12. The summed E-state index contributed by atoms with van der Waals surface area (Å²) in [5.74, 6) is 1.05. The molecule has 1 saturated carbocycles. The van der Waals surface area contributed by atoms with E-state index in [1.54, 1.807) is 7.11 Å². The van der Waals surface area contributed by atoms with Gasteiger partial charge in [0.25, 0.3) is 5.56 Å². The fourth-order valence-corrected chi connectivity index (χ4v) is 2.63. The molecule has 0 aromatic carbocycles. The normalized spacial score (nSPS) is 17.8. The van der Waals surface area contributed by atoms with E-state index in [4.69, 9.17) is 4.74 Å². The number of methoxy groups -OCH3 is 1. The maximum atomic E-state index is 11.9. The topological polar surface area (TPSA) is 55.0 Å². The Morgan fingerprint density at radius 3 is 2.50 bits per heavy atom. The van der Waals surface area contributed by atoms with Gasteiger partial charge in [0.1, 0.15) is 16.4 Å². The van der Waals surface area contributed by atoms with Crippen molar-refractivity contribution in [2.75, 3.05) is 7.11 Å². The van der Waals surface area contributed by atoms with Gasteiger partial charge in [-0.3, -0.25) is 4.79 Å². The highest BCUT2D eigenvalue weighted by Crippen LogP contribution is 2.42. The Balaban J connectivity index is 2.48. The van der Waals surface area contributed by atoms with Gasteiger partial charge in [0.15, 0.2) is 0 Å². The molecule has 1 aliphatic rings. The van der Waals surface area contributed by atoms with Gasteiger partial charge in [0, 0.05) is 13.0 Å². The molecule has 1 unspecified atom stereocenters. The van der Waals surface area contributed by atoms with Gasteiger partial charge in [-0.05, 0) is 34.2 Å². The van der Waals surface area contributed by atoms with Crippen molar-refractivity contribution in [3.05, 3.63) is 26.3 Å². The molecule has 0 amide bonds. The van der Waals surface area contributed by atoms with Crippen LogP contribution in [-0.4, -0.2) is 17.1 Å². The van der Waals surface area contributed by atoms with Crippen LogP contribution in [0.3, 0.4) is 0 Å². The molecule has 0 spiro atoms. The minimum absolute atomic E-state index is 0.112. The maximum Gasteiger partial charge on any atom is 0.265 e. The SMILES string of the molecule is COC(c1nc(C2CC2)c(Br)c(=O)[nH]1)C(C)(C)C. The van der Waals surface area contributed by atoms with E-state index in [0.29, 0.717) is 16.2 Å². The van der Waals surface area contributed by atoms with Crippen LogP contribution in [0.1, 0.15) is 57.2 Å². The lowest BCUT2D eigenvalue weighted by atomic mass is 9.88. The number of nitrogens with one attached hydrogen (secondary N) is 1. The predicted molar refractivity (Wildman–Crippen MR) is 73.7 cm³/mol. The van der Waals surface area contributed by atoms with Crippen LogP contribution in [0.4, 0.5) is 0 Å². The zero-order valence-corrected chi connectivity index (χ0v) is 12.8. The molecule has 5 heteroatoms. The number of nitrogens with zero attached hydrogens (tertiary/aromatic N) is 1. The molecule has 4 nitrogen and oxygen atoms in total. The van der Waals surface area contributed by atoms with E-state index in [9.17, 15) is 4.79 Å². The first-order chi connectivity index (χ1) is 8.34. The van der Waals surface area contributed by atoms with Crippen LogP contribution in [0.5, 0.6) is 0 Å². The lowest BCUT2D eigenvalue weighted by Gasteiger charge is -2.28. The molecule has 0 saturated heterocycles. The van der Waals surface area contributed by atoms with Crippen molar-refractivity contribution < 1.29 is 4.74 Å². The van der Waals surface area contributed by atoms with Gasteiger partial charge in [-0.25, -0.2) is 4.98 Å². The highest BCUT2D eigenvalue weighted by molar-refractivity contribution is 9.10. The van der Waals surface area contributed by atoms with E-state index in [2.05, 4.69) is 46.7 Å². The van der Waals surface area contributed by atoms with Gasteiger partial charge < -0.3 is 9.72 Å². The van der Waals surface area contributed by atoms with Crippen molar-refractivity contribution in [1.82, 2.24) is 9.97 Å². The summed E-state index contributed by atoms with van der Waals surface area (Å²) in [4.78, 5) is 19.4. The molecule has 1 fully saturated rings. The number of hydrogen-bond acceptors (Lipinski definition) is 3. The fraction of sp³-hybridized carbons (Fsp3) is 0.692. The van der Waals surface area contributed by atoms with Crippen molar-refractivity contribution in [3.63, 3.8) is 0 Å². The predicted octanol–water partition coefficient (Wildman–Crippen LogP) is 3.14. The van der Waals surface area contributed by atoms with Crippen molar-refractivity contribution in [1.29, 1.82) is 0 Å². The van der Waals surface area contributed by atoms with Crippen LogP contribution in [0, 0.1) is 5.41 Å². The first kappa shape index (κ1) is 13.7. The summed E-state index contributed by atoms with van der Waals surface area (Å²) < 4.78 is 6.07. The summed E-state index contributed by atoms with van der Waals surface area (Å²) >= 11 is 3.33. The summed E-state index contributed by atoms with van der Waals surface area (Å²) in [6.07, 6.45) is 2.01. The Hall–Kier alpha value is -0.680. The summed E-state index contributed by atoms with van der Waals surface area (Å²) in [7, 11) is 1.65. The number of aromatic amines is 1. The zero-order chi connectivity index (χ0) is 13.5. The number of halogens is 1. The molecule has 1 aromatic heterocycles. The molecule has 1 aromatic rings. The van der Waals surface area contributed by atoms with Crippen molar-refractivity contribution in [2.24, 2.45) is 5.41 Å². The van der Waals surface area contributed by atoms with E-state index in [1.807, 2.05) is 0 Å². The lowest BCUT2D eigenvalue weighted by Crippen LogP contribution is -2.26. The summed E-state index contributed by atoms with van der Waals surface area (Å²) in [6, 6.07) is 0. The molecule has 1 atom stereocenters. The van der Waals surface area contributed by atoms with Gasteiger partial charge in [-0.1, -0.05) is 20.8 Å². The standard InChI is InChI=1S/C13H19BrN2O2/c1-13(2,3)10(18-4)11-15-9(7-5-6-7)8(14)12(17)16-11/h7,10H,5-6H2,1-4H3,(H,15,16,17). The second-order valence-electron chi connectivity index (χ2n) is 5.91. The van der Waals surface area contributed by atoms with Crippen LogP contribution in [0.2, 0.25) is 0 Å². The third-order valence-electron chi connectivity index (χ3n) is 3.14. The Kier molecular flexibility index (Phi) is 3.65. The molecule has 0 aliphatic heterocycles. The Morgan fingerprint density at radius 2 is 2.06 bits per heavy atom. The molecule has 1 aliphatic carbocycles. The van der Waals surface area contributed by atoms with Crippen LogP contribution >= 0.6 is 15.9 Å². The van der Waals surface area contributed by atoms with E-state index in [1.165, 1.54) is 0 Å². The maximum absolute atomic E-state index is 11.9. The van der Waals surface area contributed by atoms with E-state index in [0.717, 1.165) is 18.5 Å². The van der Waals surface area contributed by atoms with Gasteiger partial charge >= 0.3 is 0 Å². The average Bonchev–Trinajstić information content (AvgIpc) is 3.05. The van der Waals surface area contributed by atoms with Crippen LogP contribution in [0.15, 0.2) is 9.27 Å². The zero-order valence-electron chi connectivity index (χ0n) is 11.2. The summed E-state index contributed by atoms with van der Waals surface area (Å²) in [6.45, 7) is 6.21. The van der Waals surface area contributed by atoms with E-state index in [-0.39, 0.29) is 17.1 Å². The van der Waals surface area contributed by atoms with Gasteiger partial charge in [-0.2, -0.15) is 0 Å². The molecule has 2 rings (SSSR count). The number of hydrogen-bond donors (Lipinski definition) is 1. The average molecular weight is 315 g/mol. The van der Waals surface area contributed by atoms with Crippen molar-refractivity contribution in [3.8, 4) is 0 Å². The Labute approximate surface area is 115 Å². The Bertz CT molecular complexity index is 501. The molecule has 1 heterocycles. The number of H-pyrrole nitrogens is 1. The minimum Gasteiger partial charge on any atom is -0.373 e. The molecule has 18 heavy (non-hydrogen) atoms. The summed E-state index contributed by atoms with van der Waals surface area (Å²) in [5, 5.41) is 0. The third kappa shape index (κ3) is 2.67. The minimum atomic E-state index is -0.212. The monoisotopic (exact) mass is 314 g/mol. The highest BCUT2D eigenvalue weighted by atomic mass is 79.9. The van der Waals surface area contributed by atoms with Crippen molar-refractivity contribution in [2.45, 2.75) is 45.6 Å². The van der Waals surface area contributed by atoms with Crippen LogP contribution in [0.25, 0.3) is 0 Å². The van der Waals surface area contributed by atoms with E-state index < -0.39 is 0 Å². The van der Waals surface area contributed by atoms with Gasteiger partial charge in [0.2, 0.25) is 0 Å². The van der Waals surface area contributed by atoms with Crippen LogP contribution in [-0.2, 0) is 4.74 Å². The highest BCUT2D eigenvalue weighted by Gasteiger charge is 2.33. The molecule has 0 bridgehead atoms. The lowest BCUT2D eigenvalue weighted by molar-refractivity contribution is 0.00829. The molecular formula is C13H19BrN2O2. The second kappa shape index (κ2) is 4.78. The third-order valence-corrected chi connectivity index (χ3v) is 3.91. The Morgan fingerprint density at radius 1 is 1.44 bits per heavy atom. The van der Waals surface area contributed by atoms with Gasteiger partial charge in [-0.15, -0.1) is 0 Å².